The van der Waals surface area contributed by atoms with Crippen LogP contribution in [0.2, 0.25) is 0 Å². The molecule has 6 nitrogen and oxygen atoms in total. The van der Waals surface area contributed by atoms with Crippen molar-refractivity contribution < 1.29 is 9.21 Å². The van der Waals surface area contributed by atoms with E-state index in [-0.39, 0.29) is 12.5 Å². The Hall–Kier alpha value is -2.08. The molecule has 140 valence electrons. The minimum absolute atomic E-state index is 0.0107. The van der Waals surface area contributed by atoms with Gasteiger partial charge in [-0.15, -0.1) is 0 Å². The van der Waals surface area contributed by atoms with Gasteiger partial charge in [0, 0.05) is 12.6 Å². The van der Waals surface area contributed by atoms with Gasteiger partial charge in [0.2, 0.25) is 5.91 Å². The van der Waals surface area contributed by atoms with Crippen LogP contribution in [0.25, 0.3) is 11.1 Å². The fourth-order valence-corrected chi connectivity index (χ4v) is 4.41. The number of hydrogen-bond donors (Lipinski definition) is 1. The monoisotopic (exact) mass is 357 g/mol. The van der Waals surface area contributed by atoms with Gasteiger partial charge in [0.25, 0.3) is 0 Å². The number of carbonyl (C=O) groups is 1. The number of hydrogen-bond acceptors (Lipinski definition) is 4. The molecule has 1 saturated heterocycles. The van der Waals surface area contributed by atoms with E-state index in [1.165, 1.54) is 30.3 Å². The maximum Gasteiger partial charge on any atom is 0.420 e. The number of para-hydroxylation sites is 2. The molecule has 0 atom stereocenters. The largest absolute Gasteiger partial charge is 0.420 e. The number of benzene rings is 1. The molecule has 2 aliphatic rings. The fraction of sp³-hybridized carbons (Fsp3) is 0.600. The Labute approximate surface area is 153 Å². The fourth-order valence-electron chi connectivity index (χ4n) is 4.41. The molecule has 1 N–H and O–H groups in total. The molecule has 1 saturated carbocycles. The summed E-state index contributed by atoms with van der Waals surface area (Å²) in [6.45, 7) is 3.01. The van der Waals surface area contributed by atoms with Gasteiger partial charge in [-0.25, -0.2) is 4.79 Å². The van der Waals surface area contributed by atoms with Gasteiger partial charge in [-0.05, 0) is 56.8 Å². The molecule has 0 radical (unpaired) electrons. The van der Waals surface area contributed by atoms with Crippen LogP contribution in [-0.4, -0.2) is 41.1 Å². The predicted molar refractivity (Wildman–Crippen MR) is 100 cm³/mol. The Balaban J connectivity index is 1.27. The Morgan fingerprint density at radius 2 is 1.85 bits per heavy atom. The third-order valence-corrected chi connectivity index (χ3v) is 5.95. The summed E-state index contributed by atoms with van der Waals surface area (Å²) in [6.07, 6.45) is 7.76. The zero-order valence-corrected chi connectivity index (χ0v) is 15.2. The van der Waals surface area contributed by atoms with Crippen LogP contribution >= 0.6 is 0 Å². The number of piperidine rings is 1. The number of aromatic nitrogens is 1. The number of likely N-dealkylation sites (tertiary alicyclic amines) is 1. The quantitative estimate of drug-likeness (QED) is 0.892. The average Bonchev–Trinajstić information content (AvgIpc) is 3.29. The highest BCUT2D eigenvalue weighted by atomic mass is 16.4. The van der Waals surface area contributed by atoms with E-state index in [0.29, 0.717) is 23.6 Å². The molecule has 1 amide bonds. The predicted octanol–water partition coefficient (Wildman–Crippen LogP) is 2.37. The minimum atomic E-state index is -0.480. The SMILES string of the molecule is O=C(Cn1c(=O)oc2ccccc21)NCC1CCN(C2CCCC2)CC1. The van der Waals surface area contributed by atoms with E-state index in [4.69, 9.17) is 4.42 Å². The first-order valence-electron chi connectivity index (χ1n) is 9.80. The summed E-state index contributed by atoms with van der Waals surface area (Å²) >= 11 is 0. The molecule has 1 aromatic carbocycles. The van der Waals surface area contributed by atoms with Crippen LogP contribution in [0, 0.1) is 5.92 Å². The molecule has 2 heterocycles. The lowest BCUT2D eigenvalue weighted by Crippen LogP contribution is -2.43. The molecule has 0 unspecified atom stereocenters. The Morgan fingerprint density at radius 1 is 1.12 bits per heavy atom. The van der Waals surface area contributed by atoms with Crippen molar-refractivity contribution in [1.82, 2.24) is 14.8 Å². The molecule has 0 spiro atoms. The van der Waals surface area contributed by atoms with Crippen molar-refractivity contribution in [3.05, 3.63) is 34.8 Å². The van der Waals surface area contributed by atoms with Gasteiger partial charge in [-0.3, -0.25) is 9.36 Å². The van der Waals surface area contributed by atoms with Crippen molar-refractivity contribution in [1.29, 1.82) is 0 Å². The highest BCUT2D eigenvalue weighted by molar-refractivity contribution is 5.79. The van der Waals surface area contributed by atoms with Crippen LogP contribution < -0.4 is 11.1 Å². The Kier molecular flexibility index (Phi) is 5.11. The van der Waals surface area contributed by atoms with Gasteiger partial charge >= 0.3 is 5.76 Å². The standard InChI is InChI=1S/C20H27N3O3/c24-19(14-23-17-7-3-4-8-18(17)26-20(23)25)21-13-15-9-11-22(12-10-15)16-5-1-2-6-16/h3-4,7-8,15-16H,1-2,5-6,9-14H2,(H,21,24). The highest BCUT2D eigenvalue weighted by Gasteiger charge is 2.27. The first-order valence-corrected chi connectivity index (χ1v) is 9.80. The summed E-state index contributed by atoms with van der Waals surface area (Å²) < 4.78 is 6.57. The lowest BCUT2D eigenvalue weighted by Gasteiger charge is -2.36. The first kappa shape index (κ1) is 17.3. The Morgan fingerprint density at radius 3 is 2.62 bits per heavy atom. The average molecular weight is 357 g/mol. The van der Waals surface area contributed by atoms with Crippen LogP contribution in [0.3, 0.4) is 0 Å². The molecule has 1 aliphatic carbocycles. The summed E-state index contributed by atoms with van der Waals surface area (Å²) in [5, 5.41) is 3.01. The maximum atomic E-state index is 12.3. The molecule has 1 aliphatic heterocycles. The second-order valence-electron chi connectivity index (χ2n) is 7.64. The zero-order valence-electron chi connectivity index (χ0n) is 15.2. The molecule has 2 aromatic rings. The van der Waals surface area contributed by atoms with Crippen molar-refractivity contribution in [2.24, 2.45) is 5.92 Å². The van der Waals surface area contributed by atoms with Gasteiger partial charge in [0.1, 0.15) is 6.54 Å². The summed E-state index contributed by atoms with van der Waals surface area (Å²) in [4.78, 5) is 26.9. The van der Waals surface area contributed by atoms with Crippen molar-refractivity contribution >= 4 is 17.0 Å². The normalized spacial score (nSPS) is 20.0. The highest BCUT2D eigenvalue weighted by Crippen LogP contribution is 2.27. The van der Waals surface area contributed by atoms with Crippen molar-refractivity contribution in [2.45, 2.75) is 51.1 Å². The second kappa shape index (κ2) is 7.66. The number of nitrogens with one attached hydrogen (secondary N) is 1. The van der Waals surface area contributed by atoms with E-state index in [2.05, 4.69) is 10.2 Å². The van der Waals surface area contributed by atoms with E-state index >= 15 is 0 Å². The number of rotatable bonds is 5. The summed E-state index contributed by atoms with van der Waals surface area (Å²) in [6, 6.07) is 7.99. The maximum absolute atomic E-state index is 12.3. The summed E-state index contributed by atoms with van der Waals surface area (Å²) in [5.74, 6) is -0.0717. The van der Waals surface area contributed by atoms with Gasteiger partial charge in [0.05, 0.1) is 5.52 Å². The zero-order chi connectivity index (χ0) is 17.9. The molecule has 1 aromatic heterocycles. The van der Waals surface area contributed by atoms with Crippen LogP contribution in [0.4, 0.5) is 0 Å². The molecule has 4 rings (SSSR count). The van der Waals surface area contributed by atoms with Gasteiger partial charge in [-0.1, -0.05) is 25.0 Å². The minimum Gasteiger partial charge on any atom is -0.408 e. The topological polar surface area (TPSA) is 67.5 Å². The third kappa shape index (κ3) is 3.70. The van der Waals surface area contributed by atoms with Crippen LogP contribution in [0.15, 0.2) is 33.5 Å². The molecule has 6 heteroatoms. The van der Waals surface area contributed by atoms with Gasteiger partial charge < -0.3 is 14.6 Å². The van der Waals surface area contributed by atoms with E-state index in [0.717, 1.165) is 32.0 Å². The van der Waals surface area contributed by atoms with Crippen molar-refractivity contribution in [3.63, 3.8) is 0 Å². The second-order valence-corrected chi connectivity index (χ2v) is 7.64. The molecule has 0 bridgehead atoms. The lowest BCUT2D eigenvalue weighted by molar-refractivity contribution is -0.122. The summed E-state index contributed by atoms with van der Waals surface area (Å²) in [5.41, 5.74) is 1.18. The molecular weight excluding hydrogens is 330 g/mol. The van der Waals surface area contributed by atoms with Crippen LogP contribution in [0.1, 0.15) is 38.5 Å². The lowest BCUT2D eigenvalue weighted by atomic mass is 9.95. The summed E-state index contributed by atoms with van der Waals surface area (Å²) in [7, 11) is 0. The van der Waals surface area contributed by atoms with Crippen molar-refractivity contribution in [3.8, 4) is 0 Å². The number of oxazole rings is 1. The first-order chi connectivity index (χ1) is 12.7. The molecule has 2 fully saturated rings. The number of amides is 1. The molecular formula is C20H27N3O3. The third-order valence-electron chi connectivity index (χ3n) is 5.95. The van der Waals surface area contributed by atoms with Gasteiger partial charge in [0.15, 0.2) is 5.58 Å². The smallest absolute Gasteiger partial charge is 0.408 e. The van der Waals surface area contributed by atoms with E-state index < -0.39 is 5.76 Å². The number of nitrogens with zero attached hydrogens (tertiary/aromatic N) is 2. The van der Waals surface area contributed by atoms with Gasteiger partial charge in [-0.2, -0.15) is 0 Å². The number of fused-ring (bicyclic) bond motifs is 1. The van der Waals surface area contributed by atoms with Crippen molar-refractivity contribution in [2.75, 3.05) is 19.6 Å². The van der Waals surface area contributed by atoms with E-state index in [9.17, 15) is 9.59 Å². The number of carbonyl (C=O) groups excluding carboxylic acids is 1. The van der Waals surface area contributed by atoms with E-state index in [1.54, 1.807) is 12.1 Å². The molecule has 26 heavy (non-hydrogen) atoms. The van der Waals surface area contributed by atoms with E-state index in [1.807, 2.05) is 12.1 Å². The Bertz CT molecular complexity index is 811. The van der Waals surface area contributed by atoms with Crippen LogP contribution in [-0.2, 0) is 11.3 Å². The van der Waals surface area contributed by atoms with Crippen LogP contribution in [0.5, 0.6) is 0 Å².